The Morgan fingerprint density at radius 2 is 1.96 bits per heavy atom. The van der Waals surface area contributed by atoms with Crippen molar-refractivity contribution in [2.75, 3.05) is 13.6 Å². The van der Waals surface area contributed by atoms with Gasteiger partial charge >= 0.3 is 11.8 Å². The number of hydrogen-bond donors (Lipinski definition) is 1. The van der Waals surface area contributed by atoms with Gasteiger partial charge in [0, 0.05) is 13.6 Å². The van der Waals surface area contributed by atoms with E-state index >= 15 is 0 Å². The molecule has 0 fully saturated rings. The normalized spacial score (nSPS) is 12.2. The molecule has 0 unspecified atom stereocenters. The maximum atomic E-state index is 13.0. The zero-order chi connectivity index (χ0) is 17.4. The largest absolute Gasteiger partial charge is 0.361 e. The number of nitrogens with two attached hydrogens (primary N) is 1. The fraction of sp³-hybridized carbons (Fsp3) is 0.312. The van der Waals surface area contributed by atoms with Gasteiger partial charge in [0.05, 0.1) is 17.3 Å². The third-order valence-electron chi connectivity index (χ3n) is 3.05. The third-order valence-corrected chi connectivity index (χ3v) is 3.43. The van der Waals surface area contributed by atoms with Crippen molar-refractivity contribution >= 4 is 29.1 Å². The SMILES string of the molecule is CC/C=C(/Cl)C(CN(Cc1ccc(F)cc1)C(=O)C(N)=O)=NC. The lowest BCUT2D eigenvalue weighted by atomic mass is 10.2. The van der Waals surface area contributed by atoms with Crippen molar-refractivity contribution in [2.24, 2.45) is 10.7 Å². The van der Waals surface area contributed by atoms with E-state index in [1.165, 1.54) is 29.2 Å². The van der Waals surface area contributed by atoms with Gasteiger partial charge in [-0.3, -0.25) is 14.6 Å². The summed E-state index contributed by atoms with van der Waals surface area (Å²) in [6.07, 6.45) is 2.47. The highest BCUT2D eigenvalue weighted by molar-refractivity contribution is 6.44. The number of hydrogen-bond acceptors (Lipinski definition) is 3. The second-order valence-electron chi connectivity index (χ2n) is 4.78. The standard InChI is InChI=1S/C16H19ClFN3O2/c1-3-4-13(17)14(20-2)10-21(16(23)15(19)22)9-11-5-7-12(18)8-6-11/h4-8H,3,9-10H2,1-2H3,(H2,19,22)/b13-4+,20-14?. The minimum Gasteiger partial charge on any atom is -0.361 e. The van der Waals surface area contributed by atoms with E-state index in [4.69, 9.17) is 17.3 Å². The molecule has 2 N–H and O–H groups in total. The van der Waals surface area contributed by atoms with Crippen molar-refractivity contribution in [3.8, 4) is 0 Å². The van der Waals surface area contributed by atoms with Crippen molar-refractivity contribution in [2.45, 2.75) is 19.9 Å². The van der Waals surface area contributed by atoms with Crippen molar-refractivity contribution in [1.29, 1.82) is 0 Å². The van der Waals surface area contributed by atoms with Crippen molar-refractivity contribution in [1.82, 2.24) is 4.90 Å². The highest BCUT2D eigenvalue weighted by Gasteiger charge is 2.21. The first-order valence-corrected chi connectivity index (χ1v) is 7.41. The molecular formula is C16H19ClFN3O2. The maximum Gasteiger partial charge on any atom is 0.312 e. The highest BCUT2D eigenvalue weighted by atomic mass is 35.5. The number of halogens is 2. The van der Waals surface area contributed by atoms with E-state index in [0.29, 0.717) is 22.7 Å². The van der Waals surface area contributed by atoms with Crippen LogP contribution in [0.15, 0.2) is 40.4 Å². The van der Waals surface area contributed by atoms with Crippen molar-refractivity contribution in [3.05, 3.63) is 46.8 Å². The second kappa shape index (κ2) is 9.05. The summed E-state index contributed by atoms with van der Waals surface area (Å²) in [7, 11) is 1.55. The Bertz CT molecular complexity index is 627. The second-order valence-corrected chi connectivity index (χ2v) is 5.19. The van der Waals surface area contributed by atoms with Crippen LogP contribution < -0.4 is 5.73 Å². The predicted octanol–water partition coefficient (Wildman–Crippen LogP) is 2.24. The van der Waals surface area contributed by atoms with E-state index < -0.39 is 11.8 Å². The number of aliphatic imine (C=N–C) groups is 1. The lowest BCUT2D eigenvalue weighted by molar-refractivity contribution is -0.144. The zero-order valence-electron chi connectivity index (χ0n) is 13.1. The molecule has 0 aromatic heterocycles. The average Bonchev–Trinajstić information content (AvgIpc) is 2.52. The monoisotopic (exact) mass is 339 g/mol. The Morgan fingerprint density at radius 1 is 1.35 bits per heavy atom. The summed E-state index contributed by atoms with van der Waals surface area (Å²) in [5.74, 6) is -2.30. The topological polar surface area (TPSA) is 75.8 Å². The van der Waals surface area contributed by atoms with Gasteiger partial charge in [-0.05, 0) is 24.1 Å². The van der Waals surface area contributed by atoms with Crippen LogP contribution in [-0.4, -0.2) is 36.0 Å². The quantitative estimate of drug-likeness (QED) is 0.637. The Hall–Kier alpha value is -2.21. The molecule has 0 aliphatic carbocycles. The van der Waals surface area contributed by atoms with Crippen LogP contribution in [0.25, 0.3) is 0 Å². The van der Waals surface area contributed by atoms with Crippen LogP contribution in [-0.2, 0) is 16.1 Å². The number of carbonyl (C=O) groups is 2. The summed E-state index contributed by atoms with van der Waals surface area (Å²) < 4.78 is 13.0. The summed E-state index contributed by atoms with van der Waals surface area (Å²) in [4.78, 5) is 28.5. The fourth-order valence-electron chi connectivity index (χ4n) is 1.90. The molecule has 0 bridgehead atoms. The first-order valence-electron chi connectivity index (χ1n) is 7.03. The van der Waals surface area contributed by atoms with E-state index in [0.717, 1.165) is 0 Å². The molecule has 2 amide bonds. The van der Waals surface area contributed by atoms with Gasteiger partial charge < -0.3 is 10.6 Å². The number of rotatable bonds is 6. The van der Waals surface area contributed by atoms with Gasteiger partial charge in [0.25, 0.3) is 0 Å². The number of primary amides is 1. The van der Waals surface area contributed by atoms with Crippen LogP contribution in [0.1, 0.15) is 18.9 Å². The molecule has 0 radical (unpaired) electrons. The van der Waals surface area contributed by atoms with Crippen molar-refractivity contribution in [3.63, 3.8) is 0 Å². The van der Waals surface area contributed by atoms with E-state index in [2.05, 4.69) is 4.99 Å². The summed E-state index contributed by atoms with van der Waals surface area (Å²) in [5.41, 5.74) is 6.21. The van der Waals surface area contributed by atoms with Crippen LogP contribution in [0, 0.1) is 5.82 Å². The molecular weight excluding hydrogens is 321 g/mol. The Kier molecular flexibility index (Phi) is 7.41. The summed E-state index contributed by atoms with van der Waals surface area (Å²) >= 11 is 6.13. The smallest absolute Gasteiger partial charge is 0.312 e. The van der Waals surface area contributed by atoms with Crippen LogP contribution in [0.2, 0.25) is 0 Å². The summed E-state index contributed by atoms with van der Waals surface area (Å²) in [5, 5.41) is 0.413. The predicted molar refractivity (Wildman–Crippen MR) is 88.6 cm³/mol. The molecule has 124 valence electrons. The minimum absolute atomic E-state index is 0.0327. The van der Waals surface area contributed by atoms with Crippen molar-refractivity contribution < 1.29 is 14.0 Å². The number of amides is 2. The minimum atomic E-state index is -1.07. The van der Waals surface area contributed by atoms with Gasteiger partial charge in [0.1, 0.15) is 5.82 Å². The Balaban J connectivity index is 3.01. The molecule has 0 heterocycles. The van der Waals surface area contributed by atoms with Gasteiger partial charge in [-0.1, -0.05) is 36.7 Å². The molecule has 0 atom stereocenters. The van der Waals surface area contributed by atoms with E-state index in [1.807, 2.05) is 6.92 Å². The third kappa shape index (κ3) is 5.83. The number of allylic oxidation sites excluding steroid dienone is 1. The highest BCUT2D eigenvalue weighted by Crippen LogP contribution is 2.12. The fourth-order valence-corrected chi connectivity index (χ4v) is 2.19. The number of benzene rings is 1. The first kappa shape index (κ1) is 18.8. The Labute approximate surface area is 139 Å². The molecule has 0 saturated heterocycles. The lowest BCUT2D eigenvalue weighted by Crippen LogP contribution is -2.42. The molecule has 23 heavy (non-hydrogen) atoms. The van der Waals surface area contributed by atoms with E-state index in [-0.39, 0.29) is 18.9 Å². The molecule has 0 aliphatic heterocycles. The van der Waals surface area contributed by atoms with E-state index in [1.54, 1.807) is 13.1 Å². The van der Waals surface area contributed by atoms with Gasteiger partial charge in [-0.25, -0.2) is 4.39 Å². The zero-order valence-corrected chi connectivity index (χ0v) is 13.8. The summed E-state index contributed by atoms with van der Waals surface area (Å²) in [6.45, 7) is 2.04. The lowest BCUT2D eigenvalue weighted by Gasteiger charge is -2.22. The maximum absolute atomic E-state index is 13.0. The number of carbonyl (C=O) groups excluding carboxylic acids is 2. The summed E-state index contributed by atoms with van der Waals surface area (Å²) in [6, 6.07) is 5.62. The van der Waals surface area contributed by atoms with Crippen LogP contribution in [0.5, 0.6) is 0 Å². The van der Waals surface area contributed by atoms with Gasteiger partial charge in [0.15, 0.2) is 0 Å². The van der Waals surface area contributed by atoms with Gasteiger partial charge in [0.2, 0.25) is 0 Å². The first-order chi connectivity index (χ1) is 10.9. The molecule has 0 spiro atoms. The van der Waals surface area contributed by atoms with E-state index in [9.17, 15) is 14.0 Å². The molecule has 0 saturated carbocycles. The van der Waals surface area contributed by atoms with Gasteiger partial charge in [-0.15, -0.1) is 0 Å². The van der Waals surface area contributed by atoms with Crippen LogP contribution in [0.4, 0.5) is 4.39 Å². The molecule has 5 nitrogen and oxygen atoms in total. The van der Waals surface area contributed by atoms with Gasteiger partial charge in [-0.2, -0.15) is 0 Å². The molecule has 1 aromatic rings. The molecule has 0 aliphatic rings. The number of nitrogens with zero attached hydrogens (tertiary/aromatic N) is 2. The van der Waals surface area contributed by atoms with Crippen LogP contribution in [0.3, 0.4) is 0 Å². The Morgan fingerprint density at radius 3 is 2.43 bits per heavy atom. The average molecular weight is 340 g/mol. The van der Waals surface area contributed by atoms with Crippen LogP contribution >= 0.6 is 11.6 Å². The molecule has 1 rings (SSSR count). The molecule has 7 heteroatoms. The molecule has 1 aromatic carbocycles.